The highest BCUT2D eigenvalue weighted by Crippen LogP contribution is 2.15. The Bertz CT molecular complexity index is 666. The van der Waals surface area contributed by atoms with Gasteiger partial charge in [0.2, 0.25) is 0 Å². The number of amides is 1. The van der Waals surface area contributed by atoms with Gasteiger partial charge in [0.05, 0.1) is 12.6 Å². The topological polar surface area (TPSA) is 66.4 Å². The van der Waals surface area contributed by atoms with E-state index in [2.05, 4.69) is 17.1 Å². The van der Waals surface area contributed by atoms with Crippen molar-refractivity contribution in [1.29, 1.82) is 0 Å². The average molecular weight is 433 g/mol. The van der Waals surface area contributed by atoms with E-state index in [1.54, 1.807) is 7.11 Å². The van der Waals surface area contributed by atoms with Crippen molar-refractivity contribution in [3.05, 3.63) is 35.4 Å². The molecule has 1 aromatic rings. The van der Waals surface area contributed by atoms with Crippen molar-refractivity contribution in [2.45, 2.75) is 52.7 Å². The molecule has 0 atom stereocenters. The molecule has 1 aliphatic rings. The smallest absolute Gasteiger partial charge is 0.253 e. The van der Waals surface area contributed by atoms with Gasteiger partial charge >= 0.3 is 0 Å². The number of rotatable bonds is 11. The number of methoxy groups -OCH3 is 1. The Morgan fingerprint density at radius 2 is 1.81 bits per heavy atom. The minimum absolute atomic E-state index is 0.0840. The Balaban J connectivity index is 1.89. The molecule has 1 saturated heterocycles. The van der Waals surface area contributed by atoms with Gasteiger partial charge in [0, 0.05) is 58.6 Å². The van der Waals surface area contributed by atoms with Crippen LogP contribution in [0.4, 0.5) is 0 Å². The van der Waals surface area contributed by atoms with E-state index in [0.29, 0.717) is 12.6 Å². The second-order valence-electron chi connectivity index (χ2n) is 7.75. The van der Waals surface area contributed by atoms with Gasteiger partial charge in [-0.3, -0.25) is 4.79 Å². The second-order valence-corrected chi connectivity index (χ2v) is 7.75. The summed E-state index contributed by atoms with van der Waals surface area (Å²) in [5.74, 6) is 1.03. The molecule has 0 aliphatic carbocycles. The highest BCUT2D eigenvalue weighted by molar-refractivity contribution is 5.94. The van der Waals surface area contributed by atoms with Crippen LogP contribution in [0.3, 0.4) is 0 Å². The van der Waals surface area contributed by atoms with E-state index in [4.69, 9.17) is 14.5 Å². The number of aliphatic imine (C=N–C) groups is 1. The largest absolute Gasteiger partial charge is 0.385 e. The van der Waals surface area contributed by atoms with Crippen LogP contribution in [0.15, 0.2) is 29.3 Å². The average Bonchev–Trinajstić information content (AvgIpc) is 2.81. The van der Waals surface area contributed by atoms with E-state index in [-0.39, 0.29) is 5.91 Å². The van der Waals surface area contributed by atoms with Gasteiger partial charge in [0.15, 0.2) is 5.96 Å². The standard InChI is InChI=1S/C24H40N4O3/c1-5-25-24(28-15-13-22(14-16-28)31-18-8-17-30-4)26-19-20-9-11-21(12-10-20)23(29)27(6-2)7-3/h9-12,22H,5-8,13-19H2,1-4H3,(H,25,26). The summed E-state index contributed by atoms with van der Waals surface area (Å²) in [6.07, 6.45) is 3.30. The molecule has 1 amide bonds. The molecule has 174 valence electrons. The van der Waals surface area contributed by atoms with Crippen LogP contribution in [-0.2, 0) is 16.0 Å². The first kappa shape index (κ1) is 25.1. The molecule has 0 saturated carbocycles. The molecule has 31 heavy (non-hydrogen) atoms. The number of carbonyl (C=O) groups excluding carboxylic acids is 1. The third kappa shape index (κ3) is 8.15. The number of benzene rings is 1. The summed E-state index contributed by atoms with van der Waals surface area (Å²) in [5.41, 5.74) is 1.83. The van der Waals surface area contributed by atoms with E-state index >= 15 is 0 Å². The van der Waals surface area contributed by atoms with Crippen molar-refractivity contribution in [1.82, 2.24) is 15.1 Å². The van der Waals surface area contributed by atoms with Crippen molar-refractivity contribution in [3.63, 3.8) is 0 Å². The molecular weight excluding hydrogens is 392 g/mol. The van der Waals surface area contributed by atoms with E-state index in [1.807, 2.05) is 43.0 Å². The number of hydrogen-bond donors (Lipinski definition) is 1. The van der Waals surface area contributed by atoms with E-state index < -0.39 is 0 Å². The van der Waals surface area contributed by atoms with Crippen molar-refractivity contribution < 1.29 is 14.3 Å². The molecule has 0 spiro atoms. The molecule has 1 heterocycles. The van der Waals surface area contributed by atoms with Crippen LogP contribution in [0, 0.1) is 0 Å². The first-order valence-corrected chi connectivity index (χ1v) is 11.6. The number of nitrogens with zero attached hydrogens (tertiary/aromatic N) is 3. The van der Waals surface area contributed by atoms with Crippen LogP contribution >= 0.6 is 0 Å². The second kappa shape index (κ2) is 14.0. The molecule has 1 fully saturated rings. The monoisotopic (exact) mass is 432 g/mol. The van der Waals surface area contributed by atoms with Gasteiger partial charge in [-0.2, -0.15) is 0 Å². The molecule has 7 nitrogen and oxygen atoms in total. The third-order valence-corrected chi connectivity index (χ3v) is 5.59. The molecule has 1 aromatic carbocycles. The normalized spacial score (nSPS) is 15.2. The number of piperidine rings is 1. The van der Waals surface area contributed by atoms with Crippen molar-refractivity contribution >= 4 is 11.9 Å². The number of nitrogens with one attached hydrogen (secondary N) is 1. The third-order valence-electron chi connectivity index (χ3n) is 5.59. The van der Waals surface area contributed by atoms with Crippen LogP contribution in [0.5, 0.6) is 0 Å². The predicted octanol–water partition coefficient (Wildman–Crippen LogP) is 3.15. The Morgan fingerprint density at radius 3 is 2.39 bits per heavy atom. The quantitative estimate of drug-likeness (QED) is 0.331. The molecular formula is C24H40N4O3. The van der Waals surface area contributed by atoms with Crippen LogP contribution in [0.25, 0.3) is 0 Å². The zero-order valence-corrected chi connectivity index (χ0v) is 19.7. The van der Waals surface area contributed by atoms with Gasteiger partial charge in [0.25, 0.3) is 5.91 Å². The number of ether oxygens (including phenoxy) is 2. The lowest BCUT2D eigenvalue weighted by Gasteiger charge is -2.34. The van der Waals surface area contributed by atoms with Crippen LogP contribution in [0.1, 0.15) is 56.0 Å². The fourth-order valence-electron chi connectivity index (χ4n) is 3.73. The molecule has 2 rings (SSSR count). The number of guanidine groups is 1. The summed E-state index contributed by atoms with van der Waals surface area (Å²) in [6, 6.07) is 7.82. The molecule has 0 bridgehead atoms. The lowest BCUT2D eigenvalue weighted by atomic mass is 10.1. The van der Waals surface area contributed by atoms with E-state index in [1.165, 1.54) is 0 Å². The zero-order chi connectivity index (χ0) is 22.5. The number of likely N-dealkylation sites (tertiary alicyclic amines) is 1. The predicted molar refractivity (Wildman–Crippen MR) is 126 cm³/mol. The number of hydrogen-bond acceptors (Lipinski definition) is 4. The minimum Gasteiger partial charge on any atom is -0.385 e. The highest BCUT2D eigenvalue weighted by atomic mass is 16.5. The Morgan fingerprint density at radius 1 is 1.13 bits per heavy atom. The van der Waals surface area contributed by atoms with Crippen LogP contribution < -0.4 is 5.32 Å². The highest BCUT2D eigenvalue weighted by Gasteiger charge is 2.21. The van der Waals surface area contributed by atoms with Gasteiger partial charge in [-0.25, -0.2) is 4.99 Å². The van der Waals surface area contributed by atoms with Crippen LogP contribution in [-0.4, -0.2) is 80.8 Å². The summed E-state index contributed by atoms with van der Waals surface area (Å²) < 4.78 is 11.0. The molecule has 1 aliphatic heterocycles. The lowest BCUT2D eigenvalue weighted by Crippen LogP contribution is -2.47. The SMILES string of the molecule is CCNC(=NCc1ccc(C(=O)N(CC)CC)cc1)N1CCC(OCCCOC)CC1. The van der Waals surface area contributed by atoms with Crippen molar-refractivity contribution in [2.24, 2.45) is 4.99 Å². The van der Waals surface area contributed by atoms with E-state index in [9.17, 15) is 4.79 Å². The zero-order valence-electron chi connectivity index (χ0n) is 19.7. The molecule has 0 aromatic heterocycles. The lowest BCUT2D eigenvalue weighted by molar-refractivity contribution is 0.00990. The fourth-order valence-corrected chi connectivity index (χ4v) is 3.73. The van der Waals surface area contributed by atoms with Crippen LogP contribution in [0.2, 0.25) is 0 Å². The van der Waals surface area contributed by atoms with Gasteiger partial charge < -0.3 is 24.6 Å². The van der Waals surface area contributed by atoms with E-state index in [0.717, 1.165) is 82.3 Å². The molecule has 7 heteroatoms. The molecule has 0 radical (unpaired) electrons. The minimum atomic E-state index is 0.0840. The number of carbonyl (C=O) groups is 1. The maximum absolute atomic E-state index is 12.5. The summed E-state index contributed by atoms with van der Waals surface area (Å²) in [4.78, 5) is 21.5. The van der Waals surface area contributed by atoms with Crippen molar-refractivity contribution in [3.8, 4) is 0 Å². The summed E-state index contributed by atoms with van der Waals surface area (Å²) in [6.45, 7) is 12.4. The van der Waals surface area contributed by atoms with Gasteiger partial charge in [-0.05, 0) is 57.7 Å². The summed E-state index contributed by atoms with van der Waals surface area (Å²) in [5, 5.41) is 3.41. The fraction of sp³-hybridized carbons (Fsp3) is 0.667. The first-order chi connectivity index (χ1) is 15.1. The molecule has 0 unspecified atom stereocenters. The van der Waals surface area contributed by atoms with Gasteiger partial charge in [-0.15, -0.1) is 0 Å². The molecule has 1 N–H and O–H groups in total. The maximum Gasteiger partial charge on any atom is 0.253 e. The Hall–Kier alpha value is -2.12. The summed E-state index contributed by atoms with van der Waals surface area (Å²) in [7, 11) is 1.72. The Labute approximate surface area is 187 Å². The van der Waals surface area contributed by atoms with Crippen molar-refractivity contribution in [2.75, 3.05) is 53.0 Å². The first-order valence-electron chi connectivity index (χ1n) is 11.6. The Kier molecular flexibility index (Phi) is 11.4. The van der Waals surface area contributed by atoms with Gasteiger partial charge in [-0.1, -0.05) is 12.1 Å². The maximum atomic E-state index is 12.5. The summed E-state index contributed by atoms with van der Waals surface area (Å²) >= 11 is 0. The van der Waals surface area contributed by atoms with Gasteiger partial charge in [0.1, 0.15) is 0 Å².